The molecule has 5 heteroatoms. The minimum Gasteiger partial charge on any atom is -0.340 e. The van der Waals surface area contributed by atoms with Gasteiger partial charge in [-0.1, -0.05) is 48.0 Å². The van der Waals surface area contributed by atoms with Crippen LogP contribution in [0, 0.1) is 6.92 Å². The van der Waals surface area contributed by atoms with Crippen LogP contribution in [-0.4, -0.2) is 22.8 Å². The molecule has 0 aliphatic heterocycles. The number of hydrogen-bond donors (Lipinski definition) is 1. The Kier molecular flexibility index (Phi) is 5.54. The van der Waals surface area contributed by atoms with Crippen LogP contribution in [0.1, 0.15) is 21.5 Å². The summed E-state index contributed by atoms with van der Waals surface area (Å²) in [7, 11) is 1.79. The van der Waals surface area contributed by atoms with Crippen LogP contribution in [0.3, 0.4) is 0 Å². The number of benzene rings is 2. The van der Waals surface area contributed by atoms with Crippen LogP contribution in [0.2, 0.25) is 5.02 Å². The SMILES string of the molecule is Cc1ccc(Cl)cc1Nc1ccc(C(=O)N(C)Cc2ccccc2)cn1. The monoisotopic (exact) mass is 365 g/mol. The van der Waals surface area contributed by atoms with E-state index in [2.05, 4.69) is 10.3 Å². The lowest BCUT2D eigenvalue weighted by molar-refractivity contribution is 0.0784. The van der Waals surface area contributed by atoms with Gasteiger partial charge in [0.1, 0.15) is 5.82 Å². The number of carbonyl (C=O) groups excluding carboxylic acids is 1. The van der Waals surface area contributed by atoms with Crippen molar-refractivity contribution in [2.24, 2.45) is 0 Å². The zero-order valence-corrected chi connectivity index (χ0v) is 15.5. The lowest BCUT2D eigenvalue weighted by Crippen LogP contribution is -2.26. The molecule has 26 heavy (non-hydrogen) atoms. The van der Waals surface area contributed by atoms with Crippen molar-refractivity contribution >= 4 is 29.0 Å². The molecule has 0 radical (unpaired) electrons. The maximum Gasteiger partial charge on any atom is 0.255 e. The van der Waals surface area contributed by atoms with Crippen LogP contribution in [0.5, 0.6) is 0 Å². The molecule has 4 nitrogen and oxygen atoms in total. The van der Waals surface area contributed by atoms with E-state index in [0.717, 1.165) is 16.8 Å². The van der Waals surface area contributed by atoms with Gasteiger partial charge < -0.3 is 10.2 Å². The first-order valence-electron chi connectivity index (χ1n) is 8.31. The number of nitrogens with zero attached hydrogens (tertiary/aromatic N) is 2. The fourth-order valence-electron chi connectivity index (χ4n) is 2.61. The molecule has 1 N–H and O–H groups in total. The summed E-state index contributed by atoms with van der Waals surface area (Å²) in [4.78, 5) is 18.6. The number of halogens is 1. The van der Waals surface area contributed by atoms with E-state index in [1.54, 1.807) is 30.3 Å². The van der Waals surface area contributed by atoms with E-state index in [0.29, 0.717) is 22.9 Å². The van der Waals surface area contributed by atoms with E-state index < -0.39 is 0 Å². The second-order valence-electron chi connectivity index (χ2n) is 6.16. The average Bonchev–Trinajstić information content (AvgIpc) is 2.65. The molecule has 0 unspecified atom stereocenters. The van der Waals surface area contributed by atoms with Crippen molar-refractivity contribution in [1.29, 1.82) is 0 Å². The summed E-state index contributed by atoms with van der Waals surface area (Å²) in [6.45, 7) is 2.55. The molecular formula is C21H20ClN3O. The van der Waals surface area contributed by atoms with Crippen LogP contribution in [0.4, 0.5) is 11.5 Å². The number of nitrogens with one attached hydrogen (secondary N) is 1. The summed E-state index contributed by atoms with van der Waals surface area (Å²) < 4.78 is 0. The van der Waals surface area contributed by atoms with Crippen molar-refractivity contribution in [3.8, 4) is 0 Å². The summed E-state index contributed by atoms with van der Waals surface area (Å²) in [6, 6.07) is 19.1. The Balaban J connectivity index is 1.68. The molecule has 0 aliphatic rings. The molecule has 0 bridgehead atoms. The smallest absolute Gasteiger partial charge is 0.255 e. The maximum absolute atomic E-state index is 12.6. The average molecular weight is 366 g/mol. The third-order valence-corrected chi connectivity index (χ3v) is 4.32. The molecule has 0 aliphatic carbocycles. The molecule has 0 saturated carbocycles. The van der Waals surface area contributed by atoms with Crippen molar-refractivity contribution in [2.75, 3.05) is 12.4 Å². The molecule has 132 valence electrons. The van der Waals surface area contributed by atoms with E-state index in [1.165, 1.54) is 0 Å². The number of carbonyl (C=O) groups is 1. The summed E-state index contributed by atoms with van der Waals surface area (Å²) in [5.41, 5.74) is 3.60. The largest absolute Gasteiger partial charge is 0.340 e. The third kappa shape index (κ3) is 4.41. The highest BCUT2D eigenvalue weighted by molar-refractivity contribution is 6.30. The first-order chi connectivity index (χ1) is 12.5. The van der Waals surface area contributed by atoms with Gasteiger partial charge in [-0.25, -0.2) is 4.98 Å². The molecule has 2 aromatic carbocycles. The zero-order chi connectivity index (χ0) is 18.5. The highest BCUT2D eigenvalue weighted by Crippen LogP contribution is 2.23. The van der Waals surface area contributed by atoms with Gasteiger partial charge in [-0.15, -0.1) is 0 Å². The highest BCUT2D eigenvalue weighted by atomic mass is 35.5. The number of amides is 1. The Morgan fingerprint density at radius 2 is 1.88 bits per heavy atom. The van der Waals surface area contributed by atoms with Crippen molar-refractivity contribution in [3.63, 3.8) is 0 Å². The number of aromatic nitrogens is 1. The molecule has 3 rings (SSSR count). The highest BCUT2D eigenvalue weighted by Gasteiger charge is 2.12. The van der Waals surface area contributed by atoms with Crippen molar-refractivity contribution in [1.82, 2.24) is 9.88 Å². The molecule has 0 saturated heterocycles. The molecule has 1 aromatic heterocycles. The van der Waals surface area contributed by atoms with E-state index in [-0.39, 0.29) is 5.91 Å². The molecule has 0 spiro atoms. The second-order valence-corrected chi connectivity index (χ2v) is 6.60. The first kappa shape index (κ1) is 18.0. The Labute approximate surface area is 158 Å². The summed E-state index contributed by atoms with van der Waals surface area (Å²) in [5.74, 6) is 0.601. The second kappa shape index (κ2) is 8.02. The van der Waals surface area contributed by atoms with Crippen molar-refractivity contribution < 1.29 is 4.79 Å². The summed E-state index contributed by atoms with van der Waals surface area (Å²) in [6.07, 6.45) is 1.59. The van der Waals surface area contributed by atoms with Gasteiger partial charge in [-0.2, -0.15) is 0 Å². The normalized spacial score (nSPS) is 10.4. The Hall–Kier alpha value is -2.85. The van der Waals surface area contributed by atoms with E-state index >= 15 is 0 Å². The van der Waals surface area contributed by atoms with Gasteiger partial charge in [0.25, 0.3) is 5.91 Å². The van der Waals surface area contributed by atoms with Crippen LogP contribution in [0.25, 0.3) is 0 Å². The molecular weight excluding hydrogens is 346 g/mol. The van der Waals surface area contributed by atoms with Crippen LogP contribution < -0.4 is 5.32 Å². The maximum atomic E-state index is 12.6. The van der Waals surface area contributed by atoms with Gasteiger partial charge >= 0.3 is 0 Å². The van der Waals surface area contributed by atoms with Crippen LogP contribution >= 0.6 is 11.6 Å². The van der Waals surface area contributed by atoms with E-state index in [1.807, 2.05) is 55.5 Å². The minimum absolute atomic E-state index is 0.0631. The lowest BCUT2D eigenvalue weighted by atomic mass is 10.2. The topological polar surface area (TPSA) is 45.2 Å². The van der Waals surface area contributed by atoms with Gasteiger partial charge in [-0.3, -0.25) is 4.79 Å². The Bertz CT molecular complexity index is 895. The van der Waals surface area contributed by atoms with Gasteiger partial charge in [0.2, 0.25) is 0 Å². The molecule has 1 heterocycles. The zero-order valence-electron chi connectivity index (χ0n) is 14.7. The predicted molar refractivity (Wildman–Crippen MR) is 106 cm³/mol. The number of rotatable bonds is 5. The summed E-state index contributed by atoms with van der Waals surface area (Å²) in [5, 5.41) is 3.89. The fourth-order valence-corrected chi connectivity index (χ4v) is 2.78. The van der Waals surface area contributed by atoms with Crippen molar-refractivity contribution in [2.45, 2.75) is 13.5 Å². The van der Waals surface area contributed by atoms with Gasteiger partial charge in [0, 0.05) is 30.5 Å². The fraction of sp³-hybridized carbons (Fsp3) is 0.143. The third-order valence-electron chi connectivity index (χ3n) is 4.08. The number of hydrogen-bond acceptors (Lipinski definition) is 3. The summed E-state index contributed by atoms with van der Waals surface area (Å²) >= 11 is 6.04. The van der Waals surface area contributed by atoms with E-state index in [4.69, 9.17) is 11.6 Å². The number of aryl methyl sites for hydroxylation is 1. The molecule has 0 fully saturated rings. The van der Waals surface area contributed by atoms with Crippen molar-refractivity contribution in [3.05, 3.63) is 88.6 Å². The molecule has 0 atom stereocenters. The van der Waals surface area contributed by atoms with Crippen LogP contribution in [0.15, 0.2) is 66.9 Å². The van der Waals surface area contributed by atoms with Gasteiger partial charge in [0.15, 0.2) is 0 Å². The predicted octanol–water partition coefficient (Wildman–Crippen LogP) is 5.06. The van der Waals surface area contributed by atoms with Crippen LogP contribution in [-0.2, 0) is 6.54 Å². The van der Waals surface area contributed by atoms with Gasteiger partial charge in [0.05, 0.1) is 5.56 Å². The standard InChI is InChI=1S/C21H20ClN3O/c1-15-8-10-18(22)12-19(15)24-20-11-9-17(13-23-20)21(26)25(2)14-16-6-4-3-5-7-16/h3-13H,14H2,1-2H3,(H,23,24). The number of anilines is 2. The van der Waals surface area contributed by atoms with E-state index in [9.17, 15) is 4.79 Å². The molecule has 1 amide bonds. The Morgan fingerprint density at radius 1 is 1.12 bits per heavy atom. The number of pyridine rings is 1. The first-order valence-corrected chi connectivity index (χ1v) is 8.69. The quantitative estimate of drug-likeness (QED) is 0.687. The lowest BCUT2D eigenvalue weighted by Gasteiger charge is -2.17. The van der Waals surface area contributed by atoms with Gasteiger partial charge in [-0.05, 0) is 42.3 Å². The minimum atomic E-state index is -0.0631. The molecule has 3 aromatic rings. The Morgan fingerprint density at radius 3 is 2.58 bits per heavy atom.